The second-order valence-electron chi connectivity index (χ2n) is 5.75. The number of aromatic nitrogens is 3. The molecule has 0 spiro atoms. The van der Waals surface area contributed by atoms with Crippen molar-refractivity contribution in [3.63, 3.8) is 0 Å². The molecule has 1 fully saturated rings. The average molecular weight is 334 g/mol. The zero-order valence-corrected chi connectivity index (χ0v) is 13.6. The number of piperidine rings is 1. The number of amides is 1. The van der Waals surface area contributed by atoms with Gasteiger partial charge in [0.25, 0.3) is 0 Å². The largest absolute Gasteiger partial charge is 0.326 e. The molecule has 0 unspecified atom stereocenters. The minimum absolute atomic E-state index is 0.0331. The van der Waals surface area contributed by atoms with Gasteiger partial charge in [-0.15, -0.1) is 0 Å². The second-order valence-corrected chi connectivity index (χ2v) is 6.19. The summed E-state index contributed by atoms with van der Waals surface area (Å²) < 4.78 is 1.94. The molecular weight excluding hydrogens is 314 g/mol. The molecule has 1 aliphatic rings. The van der Waals surface area contributed by atoms with Crippen molar-refractivity contribution in [2.75, 3.05) is 25.0 Å². The molecule has 0 atom stereocenters. The molecule has 23 heavy (non-hydrogen) atoms. The zero-order valence-electron chi connectivity index (χ0n) is 12.9. The number of halogens is 1. The van der Waals surface area contributed by atoms with Gasteiger partial charge >= 0.3 is 0 Å². The highest BCUT2D eigenvalue weighted by atomic mass is 35.5. The summed E-state index contributed by atoms with van der Waals surface area (Å²) >= 11 is 5.83. The summed E-state index contributed by atoms with van der Waals surface area (Å²) in [6.45, 7) is 2.75. The smallest absolute Gasteiger partial charge is 0.225 e. The molecule has 6 nitrogen and oxygen atoms in total. The fourth-order valence-corrected chi connectivity index (χ4v) is 2.96. The normalized spacial score (nSPS) is 16.4. The Morgan fingerprint density at radius 2 is 2.00 bits per heavy atom. The SMILES string of the molecule is O=C(CCN1CCC(n2cncn2)CC1)Nc1ccc(Cl)cc1. The average Bonchev–Trinajstić information content (AvgIpc) is 3.10. The van der Waals surface area contributed by atoms with Crippen LogP contribution in [0.2, 0.25) is 5.02 Å². The van der Waals surface area contributed by atoms with Gasteiger partial charge in [0.1, 0.15) is 12.7 Å². The highest BCUT2D eigenvalue weighted by Crippen LogP contribution is 2.21. The van der Waals surface area contributed by atoms with Crippen LogP contribution < -0.4 is 5.32 Å². The summed E-state index contributed by atoms with van der Waals surface area (Å²) in [5.41, 5.74) is 0.782. The fourth-order valence-electron chi connectivity index (χ4n) is 2.83. The predicted molar refractivity (Wildman–Crippen MR) is 89.4 cm³/mol. The molecule has 2 heterocycles. The number of likely N-dealkylation sites (tertiary alicyclic amines) is 1. The van der Waals surface area contributed by atoms with E-state index in [0.717, 1.165) is 38.2 Å². The second kappa shape index (κ2) is 7.57. The number of carbonyl (C=O) groups is 1. The van der Waals surface area contributed by atoms with E-state index in [0.29, 0.717) is 17.5 Å². The van der Waals surface area contributed by atoms with Gasteiger partial charge in [-0.2, -0.15) is 5.10 Å². The minimum atomic E-state index is 0.0331. The van der Waals surface area contributed by atoms with Gasteiger partial charge in [0.15, 0.2) is 0 Å². The molecule has 1 aliphatic heterocycles. The highest BCUT2D eigenvalue weighted by molar-refractivity contribution is 6.30. The first-order valence-electron chi connectivity index (χ1n) is 7.82. The van der Waals surface area contributed by atoms with Crippen molar-refractivity contribution < 1.29 is 4.79 Å². The maximum atomic E-state index is 12.0. The number of benzene rings is 1. The van der Waals surface area contributed by atoms with Crippen LogP contribution in [0.3, 0.4) is 0 Å². The number of carbonyl (C=O) groups excluding carboxylic acids is 1. The van der Waals surface area contributed by atoms with Crippen molar-refractivity contribution in [1.29, 1.82) is 0 Å². The third-order valence-electron chi connectivity index (χ3n) is 4.15. The maximum Gasteiger partial charge on any atom is 0.225 e. The monoisotopic (exact) mass is 333 g/mol. The number of nitrogens with one attached hydrogen (secondary N) is 1. The van der Waals surface area contributed by atoms with Crippen LogP contribution in [0.1, 0.15) is 25.3 Å². The van der Waals surface area contributed by atoms with E-state index in [1.807, 2.05) is 16.8 Å². The predicted octanol–water partition coefficient (Wildman–Crippen LogP) is 2.60. The summed E-state index contributed by atoms with van der Waals surface area (Å²) in [4.78, 5) is 18.3. The number of nitrogens with zero attached hydrogens (tertiary/aromatic N) is 4. The number of rotatable bonds is 5. The molecule has 0 aliphatic carbocycles. The molecule has 0 saturated carbocycles. The Labute approximate surface area is 140 Å². The van der Waals surface area contributed by atoms with Crippen LogP contribution >= 0.6 is 11.6 Å². The lowest BCUT2D eigenvalue weighted by Crippen LogP contribution is -2.36. The number of hydrogen-bond donors (Lipinski definition) is 1. The minimum Gasteiger partial charge on any atom is -0.326 e. The third kappa shape index (κ3) is 4.53. The van der Waals surface area contributed by atoms with Crippen LogP contribution in [0.25, 0.3) is 0 Å². The van der Waals surface area contributed by atoms with Crippen molar-refractivity contribution in [2.24, 2.45) is 0 Å². The van der Waals surface area contributed by atoms with E-state index in [1.165, 1.54) is 0 Å². The van der Waals surface area contributed by atoms with Gasteiger partial charge in [-0.05, 0) is 37.1 Å². The van der Waals surface area contributed by atoms with Crippen molar-refractivity contribution in [1.82, 2.24) is 19.7 Å². The van der Waals surface area contributed by atoms with E-state index >= 15 is 0 Å². The van der Waals surface area contributed by atoms with Gasteiger partial charge in [0.2, 0.25) is 5.91 Å². The first kappa shape index (κ1) is 16.0. The first-order valence-corrected chi connectivity index (χ1v) is 8.20. The molecule has 0 bridgehead atoms. The van der Waals surface area contributed by atoms with Gasteiger partial charge in [0.05, 0.1) is 6.04 Å². The molecule has 122 valence electrons. The highest BCUT2D eigenvalue weighted by Gasteiger charge is 2.21. The van der Waals surface area contributed by atoms with Crippen molar-refractivity contribution in [3.05, 3.63) is 41.9 Å². The Kier molecular flexibility index (Phi) is 5.25. The van der Waals surface area contributed by atoms with Crippen LogP contribution in [0.15, 0.2) is 36.9 Å². The van der Waals surface area contributed by atoms with Gasteiger partial charge in [0, 0.05) is 36.8 Å². The molecule has 3 rings (SSSR count). The van der Waals surface area contributed by atoms with Gasteiger partial charge in [-0.1, -0.05) is 11.6 Å². The molecule has 0 radical (unpaired) electrons. The molecular formula is C16H20ClN5O. The molecule has 7 heteroatoms. The van der Waals surface area contributed by atoms with Crippen molar-refractivity contribution >= 4 is 23.2 Å². The Hall–Kier alpha value is -1.92. The number of anilines is 1. The van der Waals surface area contributed by atoms with E-state index in [1.54, 1.807) is 24.8 Å². The van der Waals surface area contributed by atoms with Crippen LogP contribution in [-0.2, 0) is 4.79 Å². The quantitative estimate of drug-likeness (QED) is 0.913. The Morgan fingerprint density at radius 1 is 1.26 bits per heavy atom. The summed E-state index contributed by atoms with van der Waals surface area (Å²) in [5, 5.41) is 7.76. The standard InChI is InChI=1S/C16H20ClN5O/c17-13-1-3-14(4-2-13)20-16(23)7-10-21-8-5-15(6-9-21)22-12-18-11-19-22/h1-4,11-12,15H,5-10H2,(H,20,23). The lowest BCUT2D eigenvalue weighted by Gasteiger charge is -2.31. The van der Waals surface area contributed by atoms with E-state index in [4.69, 9.17) is 11.6 Å². The topological polar surface area (TPSA) is 63.1 Å². The van der Waals surface area contributed by atoms with Crippen molar-refractivity contribution in [2.45, 2.75) is 25.3 Å². The summed E-state index contributed by atoms with van der Waals surface area (Å²) in [6.07, 6.45) is 5.94. The van der Waals surface area contributed by atoms with E-state index < -0.39 is 0 Å². The van der Waals surface area contributed by atoms with Crippen molar-refractivity contribution in [3.8, 4) is 0 Å². The lowest BCUT2D eigenvalue weighted by atomic mass is 10.1. The lowest BCUT2D eigenvalue weighted by molar-refractivity contribution is -0.116. The van der Waals surface area contributed by atoms with E-state index in [9.17, 15) is 4.79 Å². The summed E-state index contributed by atoms with van der Waals surface area (Å²) in [6, 6.07) is 7.59. The molecule has 1 aromatic heterocycles. The van der Waals surface area contributed by atoms with Crippen LogP contribution in [0.4, 0.5) is 5.69 Å². The van der Waals surface area contributed by atoms with Crippen LogP contribution in [-0.4, -0.2) is 45.2 Å². The number of hydrogen-bond acceptors (Lipinski definition) is 4. The first-order chi connectivity index (χ1) is 11.2. The molecule has 1 aromatic carbocycles. The van der Waals surface area contributed by atoms with E-state index in [2.05, 4.69) is 20.3 Å². The molecule has 2 aromatic rings. The van der Waals surface area contributed by atoms with Crippen LogP contribution in [0, 0.1) is 0 Å². The summed E-state index contributed by atoms with van der Waals surface area (Å²) in [5.74, 6) is 0.0331. The van der Waals surface area contributed by atoms with Crippen LogP contribution in [0.5, 0.6) is 0 Å². The third-order valence-corrected chi connectivity index (χ3v) is 4.40. The van der Waals surface area contributed by atoms with E-state index in [-0.39, 0.29) is 5.91 Å². The fraction of sp³-hybridized carbons (Fsp3) is 0.438. The molecule has 1 N–H and O–H groups in total. The van der Waals surface area contributed by atoms with Gasteiger partial charge in [-0.25, -0.2) is 9.67 Å². The van der Waals surface area contributed by atoms with Gasteiger partial charge in [-0.3, -0.25) is 4.79 Å². The Morgan fingerprint density at radius 3 is 2.65 bits per heavy atom. The molecule has 1 amide bonds. The Bertz CT molecular complexity index is 620. The van der Waals surface area contributed by atoms with Gasteiger partial charge < -0.3 is 10.2 Å². The zero-order chi connectivity index (χ0) is 16.1. The summed E-state index contributed by atoms with van der Waals surface area (Å²) in [7, 11) is 0. The maximum absolute atomic E-state index is 12.0. The Balaban J connectivity index is 1.39. The molecule has 1 saturated heterocycles.